The van der Waals surface area contributed by atoms with Gasteiger partial charge in [-0.05, 0) is 18.2 Å². The molecule has 0 spiro atoms. The molecule has 1 N–H and O–H groups in total. The van der Waals surface area contributed by atoms with E-state index in [-0.39, 0.29) is 35.1 Å². The molecule has 0 unspecified atom stereocenters. The zero-order valence-electron chi connectivity index (χ0n) is 13.1. The van der Waals surface area contributed by atoms with Crippen LogP contribution in [0.1, 0.15) is 36.6 Å². The average Bonchev–Trinajstić information content (AvgIpc) is 2.87. The number of imide groups is 1. The fraction of sp³-hybridized carbons (Fsp3) is 0.0556. The van der Waals surface area contributed by atoms with Crippen molar-refractivity contribution >= 4 is 23.8 Å². The molecule has 1 heterocycles. The van der Waals surface area contributed by atoms with E-state index in [9.17, 15) is 29.6 Å². The number of nitro groups is 1. The summed E-state index contributed by atoms with van der Waals surface area (Å²) in [6, 6.07) is 8.35. The van der Waals surface area contributed by atoms with Gasteiger partial charge in [-0.3, -0.25) is 29.4 Å². The molecular formula is C18H10N2O6. The van der Waals surface area contributed by atoms with E-state index in [4.69, 9.17) is 0 Å². The van der Waals surface area contributed by atoms with Crippen LogP contribution in [0.5, 0.6) is 5.75 Å². The first-order valence-electron chi connectivity index (χ1n) is 7.35. The standard InChI is InChI=1S/C18H10N2O6/c21-10-14-11(15(20(25)26)7-8-16(14)22)6-3-9-19-17(23)12-4-1-2-5-13(12)18(19)24/h1-2,4-5,7-8,10,22H,9H2. The van der Waals surface area contributed by atoms with Gasteiger partial charge in [0.05, 0.1) is 28.2 Å². The Morgan fingerprint density at radius 3 is 2.27 bits per heavy atom. The van der Waals surface area contributed by atoms with Crippen LogP contribution >= 0.6 is 0 Å². The highest BCUT2D eigenvalue weighted by molar-refractivity contribution is 6.21. The summed E-state index contributed by atoms with van der Waals surface area (Å²) in [6.45, 7) is -0.308. The van der Waals surface area contributed by atoms with Crippen molar-refractivity contribution in [1.29, 1.82) is 0 Å². The van der Waals surface area contributed by atoms with Crippen LogP contribution in [0.15, 0.2) is 36.4 Å². The summed E-state index contributed by atoms with van der Waals surface area (Å²) in [7, 11) is 0. The third kappa shape index (κ3) is 2.67. The minimum Gasteiger partial charge on any atom is -0.507 e. The van der Waals surface area contributed by atoms with E-state index in [2.05, 4.69) is 11.8 Å². The summed E-state index contributed by atoms with van der Waals surface area (Å²) in [6.07, 6.45) is 0.258. The molecule has 1 aliphatic heterocycles. The van der Waals surface area contributed by atoms with E-state index in [1.165, 1.54) is 12.1 Å². The first-order valence-corrected chi connectivity index (χ1v) is 7.35. The van der Waals surface area contributed by atoms with E-state index >= 15 is 0 Å². The van der Waals surface area contributed by atoms with Crippen LogP contribution in [-0.2, 0) is 0 Å². The number of amides is 2. The third-order valence-corrected chi connectivity index (χ3v) is 3.84. The van der Waals surface area contributed by atoms with Crippen LogP contribution in [0.25, 0.3) is 0 Å². The molecule has 0 fully saturated rings. The lowest BCUT2D eigenvalue weighted by molar-refractivity contribution is -0.385. The Morgan fingerprint density at radius 2 is 1.73 bits per heavy atom. The molecule has 8 nitrogen and oxygen atoms in total. The largest absolute Gasteiger partial charge is 0.507 e. The summed E-state index contributed by atoms with van der Waals surface area (Å²) in [5, 5.41) is 20.8. The number of phenols is 1. The van der Waals surface area contributed by atoms with Gasteiger partial charge in [-0.1, -0.05) is 24.0 Å². The molecule has 0 aromatic heterocycles. The monoisotopic (exact) mass is 350 g/mol. The number of carbonyl (C=O) groups is 3. The van der Waals surface area contributed by atoms with Gasteiger partial charge in [-0.25, -0.2) is 0 Å². The molecule has 128 valence electrons. The number of rotatable bonds is 3. The molecule has 0 bridgehead atoms. The number of phenolic OH excluding ortho intramolecular Hbond substituents is 1. The Bertz CT molecular complexity index is 997. The number of nitro benzene ring substituents is 1. The van der Waals surface area contributed by atoms with Gasteiger partial charge in [-0.15, -0.1) is 0 Å². The van der Waals surface area contributed by atoms with Crippen LogP contribution < -0.4 is 0 Å². The number of carbonyl (C=O) groups excluding carboxylic acids is 3. The van der Waals surface area contributed by atoms with Crippen molar-refractivity contribution in [2.75, 3.05) is 6.54 Å². The Balaban J connectivity index is 1.94. The summed E-state index contributed by atoms with van der Waals surface area (Å²) in [4.78, 5) is 46.9. The van der Waals surface area contributed by atoms with Gasteiger partial charge in [0.1, 0.15) is 11.3 Å². The van der Waals surface area contributed by atoms with E-state index < -0.39 is 28.2 Å². The molecule has 2 aromatic rings. The second kappa shape index (κ2) is 6.49. The van der Waals surface area contributed by atoms with E-state index in [1.807, 2.05) is 0 Å². The quantitative estimate of drug-likeness (QED) is 0.296. The SMILES string of the molecule is O=Cc1c(O)ccc([N+](=O)[O-])c1C#CCN1C(=O)c2ccccc2C1=O. The van der Waals surface area contributed by atoms with Crippen LogP contribution in [0.4, 0.5) is 5.69 Å². The number of aldehydes is 1. The van der Waals surface area contributed by atoms with E-state index in [0.29, 0.717) is 0 Å². The first-order chi connectivity index (χ1) is 12.5. The molecule has 8 heteroatoms. The van der Waals surface area contributed by atoms with Crippen molar-refractivity contribution < 1.29 is 24.4 Å². The predicted molar refractivity (Wildman–Crippen MR) is 88.8 cm³/mol. The van der Waals surface area contributed by atoms with Gasteiger partial charge in [0.2, 0.25) is 0 Å². The van der Waals surface area contributed by atoms with Crippen LogP contribution in [0.3, 0.4) is 0 Å². The molecule has 0 saturated carbocycles. The van der Waals surface area contributed by atoms with Crippen LogP contribution in [0, 0.1) is 22.0 Å². The van der Waals surface area contributed by atoms with Crippen molar-refractivity contribution in [3.8, 4) is 17.6 Å². The molecule has 2 amide bonds. The van der Waals surface area contributed by atoms with Gasteiger partial charge in [0, 0.05) is 6.07 Å². The summed E-state index contributed by atoms with van der Waals surface area (Å²) in [5.74, 6) is 3.44. The van der Waals surface area contributed by atoms with E-state index in [1.54, 1.807) is 12.1 Å². The second-order valence-corrected chi connectivity index (χ2v) is 5.31. The fourth-order valence-corrected chi connectivity index (χ4v) is 2.59. The number of fused-ring (bicyclic) bond motifs is 1. The van der Waals surface area contributed by atoms with Crippen LogP contribution in [-0.4, -0.2) is 39.6 Å². The minimum absolute atomic E-state index is 0.258. The summed E-state index contributed by atoms with van der Waals surface area (Å²) < 4.78 is 0. The van der Waals surface area contributed by atoms with Gasteiger partial charge in [0.15, 0.2) is 6.29 Å². The molecule has 0 radical (unpaired) electrons. The lowest BCUT2D eigenvalue weighted by Crippen LogP contribution is -2.30. The van der Waals surface area contributed by atoms with Crippen molar-refractivity contribution in [3.63, 3.8) is 0 Å². The molecule has 0 aliphatic carbocycles. The van der Waals surface area contributed by atoms with Gasteiger partial charge < -0.3 is 5.11 Å². The maximum atomic E-state index is 12.2. The van der Waals surface area contributed by atoms with Gasteiger partial charge in [-0.2, -0.15) is 0 Å². The van der Waals surface area contributed by atoms with Crippen molar-refractivity contribution in [2.24, 2.45) is 0 Å². The first kappa shape index (κ1) is 16.9. The number of nitrogens with zero attached hydrogens (tertiary/aromatic N) is 2. The van der Waals surface area contributed by atoms with Gasteiger partial charge >= 0.3 is 0 Å². The highest BCUT2D eigenvalue weighted by Gasteiger charge is 2.34. The fourth-order valence-electron chi connectivity index (χ4n) is 2.59. The Labute approximate surface area is 146 Å². The second-order valence-electron chi connectivity index (χ2n) is 5.31. The maximum absolute atomic E-state index is 12.2. The molecule has 0 saturated heterocycles. The molecular weight excluding hydrogens is 340 g/mol. The normalized spacial score (nSPS) is 12.4. The zero-order chi connectivity index (χ0) is 18.8. The molecule has 3 rings (SSSR count). The smallest absolute Gasteiger partial charge is 0.285 e. The number of hydrogen-bond acceptors (Lipinski definition) is 6. The van der Waals surface area contributed by atoms with Crippen molar-refractivity contribution in [1.82, 2.24) is 4.90 Å². The Hall–Kier alpha value is -3.99. The van der Waals surface area contributed by atoms with Crippen molar-refractivity contribution in [3.05, 3.63) is 68.8 Å². The molecule has 1 aliphatic rings. The van der Waals surface area contributed by atoms with Crippen molar-refractivity contribution in [2.45, 2.75) is 0 Å². The zero-order valence-corrected chi connectivity index (χ0v) is 13.1. The highest BCUT2D eigenvalue weighted by atomic mass is 16.6. The van der Waals surface area contributed by atoms with Crippen LogP contribution in [0.2, 0.25) is 0 Å². The third-order valence-electron chi connectivity index (χ3n) is 3.84. The molecule has 26 heavy (non-hydrogen) atoms. The molecule has 2 aromatic carbocycles. The Kier molecular flexibility index (Phi) is 4.21. The number of benzene rings is 2. The van der Waals surface area contributed by atoms with Gasteiger partial charge in [0.25, 0.3) is 17.5 Å². The topological polar surface area (TPSA) is 118 Å². The minimum atomic E-state index is -0.738. The van der Waals surface area contributed by atoms with E-state index in [0.717, 1.165) is 17.0 Å². The average molecular weight is 350 g/mol. The lowest BCUT2D eigenvalue weighted by Gasteiger charge is -2.08. The summed E-state index contributed by atoms with van der Waals surface area (Å²) >= 11 is 0. The maximum Gasteiger partial charge on any atom is 0.285 e. The molecule has 0 atom stereocenters. The Morgan fingerprint density at radius 1 is 1.12 bits per heavy atom. The number of hydrogen-bond donors (Lipinski definition) is 1. The number of aromatic hydroxyl groups is 1. The predicted octanol–water partition coefficient (Wildman–Crippen LogP) is 1.76. The lowest BCUT2D eigenvalue weighted by atomic mass is 10.1. The highest BCUT2D eigenvalue weighted by Crippen LogP contribution is 2.27. The summed E-state index contributed by atoms with van der Waals surface area (Å²) in [5.41, 5.74) is -0.539.